The van der Waals surface area contributed by atoms with E-state index in [1.165, 1.54) is 0 Å². The summed E-state index contributed by atoms with van der Waals surface area (Å²) in [5.41, 5.74) is 0.643. The molecule has 0 fully saturated rings. The molecule has 1 N–H and O–H groups in total. The van der Waals surface area contributed by atoms with Gasteiger partial charge in [-0.25, -0.2) is 5.10 Å². The van der Waals surface area contributed by atoms with Crippen LogP contribution in [0, 0.1) is 0 Å². The number of aromatic amines is 1. The van der Waals surface area contributed by atoms with Gasteiger partial charge in [0.1, 0.15) is 0 Å². The summed E-state index contributed by atoms with van der Waals surface area (Å²) in [6.45, 7) is 6.13. The lowest BCUT2D eigenvalue weighted by molar-refractivity contribution is 0.556. The fourth-order valence-electron chi connectivity index (χ4n) is 0.766. The van der Waals surface area contributed by atoms with Gasteiger partial charge < -0.3 is 0 Å². The third kappa shape index (κ3) is 1.94. The summed E-state index contributed by atoms with van der Waals surface area (Å²) in [6.07, 6.45) is 0. The smallest absolute Gasteiger partial charge is 0.267 e. The van der Waals surface area contributed by atoms with E-state index in [0.29, 0.717) is 4.47 Å². The number of halogens is 1. The first-order valence-corrected chi connectivity index (χ1v) is 4.46. The number of nitrogens with one attached hydrogen (secondary N) is 1. The van der Waals surface area contributed by atoms with E-state index in [4.69, 9.17) is 0 Å². The average molecular weight is 231 g/mol. The van der Waals surface area contributed by atoms with E-state index in [2.05, 4.69) is 26.1 Å². The second kappa shape index (κ2) is 3.01. The number of rotatable bonds is 0. The van der Waals surface area contributed by atoms with Crippen LogP contribution in [-0.2, 0) is 5.41 Å². The highest BCUT2D eigenvalue weighted by molar-refractivity contribution is 9.10. The summed E-state index contributed by atoms with van der Waals surface area (Å²) in [7, 11) is 0. The molecule has 0 bridgehead atoms. The lowest BCUT2D eigenvalue weighted by Gasteiger charge is -2.16. The molecule has 1 heterocycles. The molecule has 0 saturated carbocycles. The van der Waals surface area contributed by atoms with E-state index in [1.54, 1.807) is 6.07 Å². The standard InChI is InChI=1S/C8H11BrN2O/c1-8(2,3)6-4-5(9)7(12)11-10-6/h4H,1-3H3,(H,11,12). The SMILES string of the molecule is CC(C)(C)c1cc(Br)c(=O)[nH]n1. The average Bonchev–Trinajstić information content (AvgIpc) is 1.92. The number of hydrogen-bond acceptors (Lipinski definition) is 2. The zero-order chi connectivity index (χ0) is 9.35. The van der Waals surface area contributed by atoms with Crippen LogP contribution in [0.5, 0.6) is 0 Å². The Hall–Kier alpha value is -0.640. The Morgan fingerprint density at radius 2 is 2.08 bits per heavy atom. The van der Waals surface area contributed by atoms with Crippen molar-refractivity contribution in [3.8, 4) is 0 Å². The molecule has 1 aromatic heterocycles. The predicted molar refractivity (Wildman–Crippen MR) is 51.3 cm³/mol. The molecule has 1 rings (SSSR count). The minimum absolute atomic E-state index is 0.0350. The molecule has 12 heavy (non-hydrogen) atoms. The largest absolute Gasteiger partial charge is 0.278 e. The number of aromatic nitrogens is 2. The molecule has 0 aliphatic rings. The van der Waals surface area contributed by atoms with Crippen LogP contribution in [0.4, 0.5) is 0 Å². The molecule has 1 aromatic rings. The van der Waals surface area contributed by atoms with Crippen molar-refractivity contribution in [2.45, 2.75) is 26.2 Å². The number of nitrogens with zero attached hydrogens (tertiary/aromatic N) is 1. The van der Waals surface area contributed by atoms with E-state index in [1.807, 2.05) is 20.8 Å². The predicted octanol–water partition coefficient (Wildman–Crippen LogP) is 1.83. The van der Waals surface area contributed by atoms with Crippen LogP contribution in [0.3, 0.4) is 0 Å². The maximum Gasteiger partial charge on any atom is 0.278 e. The highest BCUT2D eigenvalue weighted by atomic mass is 79.9. The van der Waals surface area contributed by atoms with Gasteiger partial charge in [0.05, 0.1) is 10.2 Å². The molecule has 0 radical (unpaired) electrons. The van der Waals surface area contributed by atoms with Gasteiger partial charge in [-0.05, 0) is 22.0 Å². The first-order chi connectivity index (χ1) is 5.41. The van der Waals surface area contributed by atoms with Crippen LogP contribution in [0.15, 0.2) is 15.3 Å². The molecule has 0 aromatic carbocycles. The Morgan fingerprint density at radius 3 is 2.50 bits per heavy atom. The highest BCUT2D eigenvalue weighted by Gasteiger charge is 2.16. The fourth-order valence-corrected chi connectivity index (χ4v) is 1.07. The minimum Gasteiger partial charge on any atom is -0.267 e. The van der Waals surface area contributed by atoms with Gasteiger partial charge in [0.25, 0.3) is 5.56 Å². The van der Waals surface area contributed by atoms with E-state index in [0.717, 1.165) is 5.69 Å². The van der Waals surface area contributed by atoms with Crippen molar-refractivity contribution in [3.63, 3.8) is 0 Å². The van der Waals surface area contributed by atoms with Crippen molar-refractivity contribution in [3.05, 3.63) is 26.6 Å². The Morgan fingerprint density at radius 1 is 1.50 bits per heavy atom. The van der Waals surface area contributed by atoms with Crippen LogP contribution in [0.25, 0.3) is 0 Å². The second-order valence-electron chi connectivity index (χ2n) is 3.68. The lowest BCUT2D eigenvalue weighted by atomic mass is 9.92. The fraction of sp³-hybridized carbons (Fsp3) is 0.500. The van der Waals surface area contributed by atoms with E-state index >= 15 is 0 Å². The van der Waals surface area contributed by atoms with Gasteiger partial charge in [0.15, 0.2) is 0 Å². The molecule has 0 saturated heterocycles. The van der Waals surface area contributed by atoms with Crippen molar-refractivity contribution in [1.29, 1.82) is 0 Å². The van der Waals surface area contributed by atoms with Gasteiger partial charge >= 0.3 is 0 Å². The summed E-state index contributed by atoms with van der Waals surface area (Å²) in [5, 5.41) is 6.37. The number of hydrogen-bond donors (Lipinski definition) is 1. The third-order valence-electron chi connectivity index (χ3n) is 1.53. The molecule has 3 nitrogen and oxygen atoms in total. The van der Waals surface area contributed by atoms with Crippen LogP contribution in [-0.4, -0.2) is 10.2 Å². The maximum atomic E-state index is 10.9. The summed E-state index contributed by atoms with van der Waals surface area (Å²) in [5.74, 6) is 0. The molecule has 0 atom stereocenters. The van der Waals surface area contributed by atoms with Crippen LogP contribution in [0.1, 0.15) is 26.5 Å². The summed E-state index contributed by atoms with van der Waals surface area (Å²) >= 11 is 3.15. The van der Waals surface area contributed by atoms with Crippen LogP contribution < -0.4 is 5.56 Å². The first-order valence-electron chi connectivity index (χ1n) is 3.67. The van der Waals surface area contributed by atoms with E-state index in [-0.39, 0.29) is 11.0 Å². The second-order valence-corrected chi connectivity index (χ2v) is 4.53. The Bertz CT molecular complexity index is 338. The van der Waals surface area contributed by atoms with Gasteiger partial charge in [-0.2, -0.15) is 5.10 Å². The van der Waals surface area contributed by atoms with Gasteiger partial charge in [-0.1, -0.05) is 20.8 Å². The van der Waals surface area contributed by atoms with Crippen molar-refractivity contribution in [2.24, 2.45) is 0 Å². The van der Waals surface area contributed by atoms with Gasteiger partial charge in [-0.3, -0.25) is 4.79 Å². The van der Waals surface area contributed by atoms with E-state index < -0.39 is 0 Å². The molecule has 0 amide bonds. The monoisotopic (exact) mass is 230 g/mol. The lowest BCUT2D eigenvalue weighted by Crippen LogP contribution is -2.19. The van der Waals surface area contributed by atoms with E-state index in [9.17, 15) is 4.79 Å². The molecule has 0 aliphatic heterocycles. The zero-order valence-corrected chi connectivity index (χ0v) is 8.90. The minimum atomic E-state index is -0.192. The molecule has 66 valence electrons. The molecule has 0 spiro atoms. The third-order valence-corrected chi connectivity index (χ3v) is 2.12. The normalized spacial score (nSPS) is 11.7. The molecule has 4 heteroatoms. The quantitative estimate of drug-likeness (QED) is 0.740. The molecular formula is C8H11BrN2O. The van der Waals surface area contributed by atoms with Crippen LogP contribution >= 0.6 is 15.9 Å². The summed E-state index contributed by atoms with van der Waals surface area (Å²) in [6, 6.07) is 1.75. The molecule has 0 unspecified atom stereocenters. The number of H-pyrrole nitrogens is 1. The van der Waals surface area contributed by atoms with Crippen molar-refractivity contribution in [2.75, 3.05) is 0 Å². The van der Waals surface area contributed by atoms with Crippen LogP contribution in [0.2, 0.25) is 0 Å². The molecular weight excluding hydrogens is 220 g/mol. The summed E-state index contributed by atoms with van der Waals surface area (Å²) in [4.78, 5) is 10.9. The van der Waals surface area contributed by atoms with Gasteiger partial charge in [0, 0.05) is 5.41 Å². The zero-order valence-electron chi connectivity index (χ0n) is 7.31. The van der Waals surface area contributed by atoms with Crippen molar-refractivity contribution < 1.29 is 0 Å². The van der Waals surface area contributed by atoms with Gasteiger partial charge in [-0.15, -0.1) is 0 Å². The highest BCUT2D eigenvalue weighted by Crippen LogP contribution is 2.19. The Balaban J connectivity index is 3.23. The van der Waals surface area contributed by atoms with Gasteiger partial charge in [0.2, 0.25) is 0 Å². The first kappa shape index (κ1) is 9.45. The van der Waals surface area contributed by atoms with Crippen molar-refractivity contribution in [1.82, 2.24) is 10.2 Å². The maximum absolute atomic E-state index is 10.9. The van der Waals surface area contributed by atoms with Crippen molar-refractivity contribution >= 4 is 15.9 Å². The Kier molecular flexibility index (Phi) is 2.37. The summed E-state index contributed by atoms with van der Waals surface area (Å²) < 4.78 is 0.530. The molecule has 0 aliphatic carbocycles. The Labute approximate surface area is 79.3 Å². The topological polar surface area (TPSA) is 45.8 Å².